The molecule has 0 fully saturated rings. The van der Waals surface area contributed by atoms with Crippen LogP contribution < -0.4 is 4.74 Å². The maximum absolute atomic E-state index is 11.4. The van der Waals surface area contributed by atoms with E-state index < -0.39 is 0 Å². The zero-order chi connectivity index (χ0) is 21.8. The second-order valence-corrected chi connectivity index (χ2v) is 7.97. The molecule has 0 spiro atoms. The number of carbonyl (C=O) groups is 1. The molecular weight excluding hydrogens is 388 g/mol. The lowest BCUT2D eigenvalue weighted by Crippen LogP contribution is -2.29. The molecule has 1 unspecified atom stereocenters. The third kappa shape index (κ3) is 4.52. The summed E-state index contributed by atoms with van der Waals surface area (Å²) in [4.78, 5) is 17.3. The van der Waals surface area contributed by atoms with Gasteiger partial charge >= 0.3 is 5.97 Å². The molecule has 3 aromatic rings. The molecule has 0 bridgehead atoms. The van der Waals surface area contributed by atoms with Crippen molar-refractivity contribution in [3.8, 4) is 5.75 Å². The lowest BCUT2D eigenvalue weighted by atomic mass is 10.0. The van der Waals surface area contributed by atoms with Gasteiger partial charge in [0.15, 0.2) is 0 Å². The first-order chi connectivity index (χ1) is 15.1. The summed E-state index contributed by atoms with van der Waals surface area (Å²) in [5, 5.41) is 1.27. The molecule has 1 aromatic heterocycles. The van der Waals surface area contributed by atoms with Crippen LogP contribution in [0.4, 0.5) is 0 Å². The number of esters is 1. The van der Waals surface area contributed by atoms with E-state index in [2.05, 4.69) is 58.1 Å². The predicted octanol–water partition coefficient (Wildman–Crippen LogP) is 4.91. The molecule has 1 N–H and O–H groups in total. The van der Waals surface area contributed by atoms with Crippen LogP contribution in [-0.4, -0.2) is 43.2 Å². The Labute approximate surface area is 183 Å². The number of nitrogens with zero attached hydrogens (tertiary/aromatic N) is 1. The minimum Gasteiger partial charge on any atom is -0.497 e. The van der Waals surface area contributed by atoms with E-state index in [1.807, 2.05) is 12.1 Å². The van der Waals surface area contributed by atoms with Crippen molar-refractivity contribution in [2.24, 2.45) is 0 Å². The van der Waals surface area contributed by atoms with Gasteiger partial charge in [0, 0.05) is 41.8 Å². The van der Waals surface area contributed by atoms with Gasteiger partial charge in [-0.25, -0.2) is 4.79 Å². The van der Waals surface area contributed by atoms with Crippen molar-refractivity contribution in [3.63, 3.8) is 0 Å². The highest BCUT2D eigenvalue weighted by molar-refractivity contribution is 5.87. The van der Waals surface area contributed by atoms with Crippen LogP contribution in [0.25, 0.3) is 17.0 Å². The molecule has 0 amide bonds. The van der Waals surface area contributed by atoms with Gasteiger partial charge in [0.25, 0.3) is 0 Å². The first kappa shape index (κ1) is 21.2. The fraction of sp³-hybridized carbons (Fsp3) is 0.346. The van der Waals surface area contributed by atoms with Crippen LogP contribution in [0.5, 0.6) is 5.75 Å². The Morgan fingerprint density at radius 3 is 2.87 bits per heavy atom. The van der Waals surface area contributed by atoms with Crippen LogP contribution >= 0.6 is 0 Å². The number of nitrogens with one attached hydrogen (secondary N) is 1. The molecule has 0 radical (unpaired) electrons. The number of aromatic amines is 1. The summed E-state index contributed by atoms with van der Waals surface area (Å²) in [5.74, 6) is 0.547. The number of hydrogen-bond acceptors (Lipinski definition) is 4. The lowest BCUT2D eigenvalue weighted by Gasteiger charge is -2.28. The van der Waals surface area contributed by atoms with E-state index >= 15 is 0 Å². The molecule has 1 aliphatic rings. The standard InChI is InChI=1S/C26H30N2O3/c1-4-28(14-13-20-17-27-24-16-21(30-2)8-10-22(20)24)25-11-7-19-15-18(5-9-23(19)25)6-12-26(29)31-3/h5-6,8-10,12,15-17,25,27H,4,7,11,13-14H2,1-3H3. The maximum Gasteiger partial charge on any atom is 0.330 e. The molecule has 31 heavy (non-hydrogen) atoms. The molecule has 5 heteroatoms. The number of fused-ring (bicyclic) bond motifs is 2. The number of hydrogen-bond donors (Lipinski definition) is 1. The van der Waals surface area contributed by atoms with Crippen LogP contribution in [0.1, 0.15) is 41.6 Å². The third-order valence-electron chi connectivity index (χ3n) is 6.32. The van der Waals surface area contributed by atoms with Crippen LogP contribution in [0.2, 0.25) is 0 Å². The Morgan fingerprint density at radius 2 is 2.10 bits per heavy atom. The van der Waals surface area contributed by atoms with Gasteiger partial charge < -0.3 is 14.5 Å². The number of carbonyl (C=O) groups excluding carboxylic acids is 1. The summed E-state index contributed by atoms with van der Waals surface area (Å²) in [6, 6.07) is 13.2. The van der Waals surface area contributed by atoms with E-state index in [0.717, 1.165) is 49.2 Å². The van der Waals surface area contributed by atoms with Gasteiger partial charge in [-0.2, -0.15) is 0 Å². The largest absolute Gasteiger partial charge is 0.497 e. The summed E-state index contributed by atoms with van der Waals surface area (Å²) in [7, 11) is 3.09. The van der Waals surface area contributed by atoms with Crippen LogP contribution in [0.15, 0.2) is 48.7 Å². The van der Waals surface area contributed by atoms with Gasteiger partial charge in [-0.05, 0) is 66.3 Å². The number of likely N-dealkylation sites (N-methyl/N-ethyl adjacent to an activating group) is 1. The van der Waals surface area contributed by atoms with Crippen LogP contribution in [0.3, 0.4) is 0 Å². The second kappa shape index (κ2) is 9.40. The van der Waals surface area contributed by atoms with E-state index in [0.29, 0.717) is 6.04 Å². The van der Waals surface area contributed by atoms with Crippen molar-refractivity contribution in [2.75, 3.05) is 27.3 Å². The fourth-order valence-electron chi connectivity index (χ4n) is 4.63. The highest BCUT2D eigenvalue weighted by Crippen LogP contribution is 2.36. The first-order valence-corrected chi connectivity index (χ1v) is 10.9. The van der Waals surface area contributed by atoms with E-state index in [-0.39, 0.29) is 5.97 Å². The van der Waals surface area contributed by atoms with E-state index in [4.69, 9.17) is 4.74 Å². The maximum atomic E-state index is 11.4. The number of aromatic nitrogens is 1. The highest BCUT2D eigenvalue weighted by Gasteiger charge is 2.27. The molecule has 1 aliphatic carbocycles. The summed E-state index contributed by atoms with van der Waals surface area (Å²) in [6.07, 6.45) is 8.64. The first-order valence-electron chi connectivity index (χ1n) is 10.9. The Morgan fingerprint density at radius 1 is 1.23 bits per heavy atom. The Hall–Kier alpha value is -3.05. The van der Waals surface area contributed by atoms with Crippen molar-refractivity contribution in [1.82, 2.24) is 9.88 Å². The molecule has 1 atom stereocenters. The zero-order valence-electron chi connectivity index (χ0n) is 18.5. The highest BCUT2D eigenvalue weighted by atomic mass is 16.5. The van der Waals surface area contributed by atoms with Gasteiger partial charge in [-0.15, -0.1) is 0 Å². The Kier molecular flexibility index (Phi) is 6.42. The van der Waals surface area contributed by atoms with E-state index in [1.165, 1.54) is 35.3 Å². The topological polar surface area (TPSA) is 54.6 Å². The van der Waals surface area contributed by atoms with Gasteiger partial charge in [-0.1, -0.05) is 25.1 Å². The molecule has 2 aromatic carbocycles. The average Bonchev–Trinajstić information content (AvgIpc) is 3.41. The molecule has 5 nitrogen and oxygen atoms in total. The van der Waals surface area contributed by atoms with Crippen LogP contribution in [0, 0.1) is 0 Å². The van der Waals surface area contributed by atoms with Crippen molar-refractivity contribution in [3.05, 3.63) is 70.9 Å². The summed E-state index contributed by atoms with van der Waals surface area (Å²) >= 11 is 0. The van der Waals surface area contributed by atoms with Gasteiger partial charge in [0.2, 0.25) is 0 Å². The number of aryl methyl sites for hydroxylation is 1. The second-order valence-electron chi connectivity index (χ2n) is 7.97. The third-order valence-corrected chi connectivity index (χ3v) is 6.32. The van der Waals surface area contributed by atoms with Crippen molar-refractivity contribution < 1.29 is 14.3 Å². The molecule has 4 rings (SSSR count). The molecule has 162 valence electrons. The summed E-state index contributed by atoms with van der Waals surface area (Å²) in [5.41, 5.74) is 6.31. The number of rotatable bonds is 8. The van der Waals surface area contributed by atoms with Gasteiger partial charge in [0.05, 0.1) is 14.2 Å². The van der Waals surface area contributed by atoms with Crippen molar-refractivity contribution in [2.45, 2.75) is 32.2 Å². The molecular formula is C26H30N2O3. The predicted molar refractivity (Wildman–Crippen MR) is 124 cm³/mol. The summed E-state index contributed by atoms with van der Waals surface area (Å²) in [6.45, 7) is 4.28. The Bertz CT molecular complexity index is 1100. The molecule has 0 saturated heterocycles. The number of benzene rings is 2. The zero-order valence-corrected chi connectivity index (χ0v) is 18.5. The minimum atomic E-state index is -0.328. The van der Waals surface area contributed by atoms with E-state index in [9.17, 15) is 4.79 Å². The van der Waals surface area contributed by atoms with Gasteiger partial charge in [0.1, 0.15) is 5.75 Å². The smallest absolute Gasteiger partial charge is 0.330 e. The molecule has 1 heterocycles. The molecule has 0 saturated carbocycles. The Balaban J connectivity index is 1.46. The van der Waals surface area contributed by atoms with E-state index in [1.54, 1.807) is 7.11 Å². The van der Waals surface area contributed by atoms with Crippen LogP contribution in [-0.2, 0) is 22.4 Å². The fourth-order valence-corrected chi connectivity index (χ4v) is 4.63. The number of methoxy groups -OCH3 is 2. The SMILES string of the molecule is CCN(CCc1c[nH]c2cc(OC)ccc12)C1CCc2cc(C=CC(=O)OC)ccc21. The lowest BCUT2D eigenvalue weighted by molar-refractivity contribution is -0.134. The minimum absolute atomic E-state index is 0.328. The summed E-state index contributed by atoms with van der Waals surface area (Å²) < 4.78 is 10.0. The van der Waals surface area contributed by atoms with Gasteiger partial charge in [-0.3, -0.25) is 4.90 Å². The number of H-pyrrole nitrogens is 1. The quantitative estimate of drug-likeness (QED) is 0.417. The monoisotopic (exact) mass is 418 g/mol. The normalized spacial score (nSPS) is 15.7. The average molecular weight is 419 g/mol. The number of ether oxygens (including phenoxy) is 2. The van der Waals surface area contributed by atoms with Crippen molar-refractivity contribution >= 4 is 22.9 Å². The molecule has 0 aliphatic heterocycles. The van der Waals surface area contributed by atoms with Crippen molar-refractivity contribution in [1.29, 1.82) is 0 Å².